The fourth-order valence-electron chi connectivity index (χ4n) is 0.914. The van der Waals surface area contributed by atoms with Crippen molar-refractivity contribution in [2.75, 3.05) is 0 Å². The molecule has 0 saturated heterocycles. The van der Waals surface area contributed by atoms with Crippen molar-refractivity contribution >= 4 is 27.3 Å². The van der Waals surface area contributed by atoms with Crippen LogP contribution in [0, 0.1) is 0 Å². The van der Waals surface area contributed by atoms with Gasteiger partial charge in [0, 0.05) is 5.38 Å². The van der Waals surface area contributed by atoms with Crippen LogP contribution in [0.1, 0.15) is 5.69 Å². The Labute approximate surface area is 93.9 Å². The predicted octanol–water partition coefficient (Wildman–Crippen LogP) is 2.88. The molecule has 0 amide bonds. The van der Waals surface area contributed by atoms with Gasteiger partial charge in [0.25, 0.3) is 0 Å². The Kier molecular flexibility index (Phi) is 3.10. The molecule has 0 spiro atoms. The SMILES string of the molecule is Brc1ccc(OCc2cscn2)cn1. The molecule has 0 radical (unpaired) electrons. The summed E-state index contributed by atoms with van der Waals surface area (Å²) in [6, 6.07) is 3.71. The van der Waals surface area contributed by atoms with E-state index in [2.05, 4.69) is 25.9 Å². The normalized spacial score (nSPS) is 10.1. The number of rotatable bonds is 3. The van der Waals surface area contributed by atoms with Crippen molar-refractivity contribution in [2.24, 2.45) is 0 Å². The van der Waals surface area contributed by atoms with E-state index >= 15 is 0 Å². The molecule has 2 rings (SSSR count). The molecule has 2 aromatic heterocycles. The highest BCUT2D eigenvalue weighted by atomic mass is 79.9. The van der Waals surface area contributed by atoms with Gasteiger partial charge in [0.1, 0.15) is 17.0 Å². The Morgan fingerprint density at radius 3 is 2.93 bits per heavy atom. The summed E-state index contributed by atoms with van der Waals surface area (Å²) in [6.45, 7) is 0.493. The van der Waals surface area contributed by atoms with Crippen LogP contribution in [-0.2, 0) is 6.61 Å². The second-order valence-electron chi connectivity index (χ2n) is 2.59. The largest absolute Gasteiger partial charge is 0.486 e. The smallest absolute Gasteiger partial charge is 0.138 e. The van der Waals surface area contributed by atoms with Crippen LogP contribution in [0.5, 0.6) is 5.75 Å². The molecule has 0 N–H and O–H groups in total. The summed E-state index contributed by atoms with van der Waals surface area (Å²) in [5.41, 5.74) is 2.73. The molecule has 72 valence electrons. The Bertz CT molecular complexity index is 388. The maximum absolute atomic E-state index is 5.47. The van der Waals surface area contributed by atoms with Gasteiger partial charge >= 0.3 is 0 Å². The van der Waals surface area contributed by atoms with Gasteiger partial charge in [0.05, 0.1) is 17.4 Å². The summed E-state index contributed by atoms with van der Waals surface area (Å²) in [4.78, 5) is 8.17. The van der Waals surface area contributed by atoms with E-state index in [0.717, 1.165) is 16.0 Å². The van der Waals surface area contributed by atoms with Crippen LogP contribution in [0.4, 0.5) is 0 Å². The monoisotopic (exact) mass is 270 g/mol. The number of ether oxygens (including phenoxy) is 1. The highest BCUT2D eigenvalue weighted by molar-refractivity contribution is 9.10. The summed E-state index contributed by atoms with van der Waals surface area (Å²) in [5.74, 6) is 0.751. The third-order valence-electron chi connectivity index (χ3n) is 1.57. The lowest BCUT2D eigenvalue weighted by molar-refractivity contribution is 0.301. The lowest BCUT2D eigenvalue weighted by Gasteiger charge is -2.02. The van der Waals surface area contributed by atoms with Crippen LogP contribution in [-0.4, -0.2) is 9.97 Å². The van der Waals surface area contributed by atoms with Crippen molar-refractivity contribution < 1.29 is 4.74 Å². The molecule has 0 saturated carbocycles. The van der Waals surface area contributed by atoms with Gasteiger partial charge in [0.2, 0.25) is 0 Å². The minimum atomic E-state index is 0.493. The molecule has 0 aliphatic heterocycles. The van der Waals surface area contributed by atoms with Gasteiger partial charge in [-0.3, -0.25) is 0 Å². The van der Waals surface area contributed by atoms with Gasteiger partial charge < -0.3 is 4.74 Å². The average molecular weight is 271 g/mol. The van der Waals surface area contributed by atoms with Gasteiger partial charge in [-0.15, -0.1) is 11.3 Å². The third kappa shape index (κ3) is 2.52. The van der Waals surface area contributed by atoms with Crippen molar-refractivity contribution in [3.63, 3.8) is 0 Å². The van der Waals surface area contributed by atoms with Crippen LogP contribution in [0.2, 0.25) is 0 Å². The number of thiazole rings is 1. The van der Waals surface area contributed by atoms with Gasteiger partial charge in [0.15, 0.2) is 0 Å². The van der Waals surface area contributed by atoms with E-state index in [9.17, 15) is 0 Å². The second-order valence-corrected chi connectivity index (χ2v) is 4.12. The van der Waals surface area contributed by atoms with E-state index in [1.165, 1.54) is 0 Å². The molecule has 0 bridgehead atoms. The summed E-state index contributed by atoms with van der Waals surface area (Å²) >= 11 is 4.82. The van der Waals surface area contributed by atoms with E-state index in [1.807, 2.05) is 17.5 Å². The van der Waals surface area contributed by atoms with Crippen LogP contribution in [0.15, 0.2) is 33.8 Å². The first-order valence-corrected chi connectivity index (χ1v) is 5.69. The highest BCUT2D eigenvalue weighted by Crippen LogP contribution is 2.14. The van der Waals surface area contributed by atoms with E-state index < -0.39 is 0 Å². The number of hydrogen-bond donors (Lipinski definition) is 0. The zero-order chi connectivity index (χ0) is 9.80. The Morgan fingerprint density at radius 2 is 2.29 bits per heavy atom. The topological polar surface area (TPSA) is 35.0 Å². The van der Waals surface area contributed by atoms with Crippen LogP contribution >= 0.6 is 27.3 Å². The Balaban J connectivity index is 1.95. The number of nitrogens with zero attached hydrogens (tertiary/aromatic N) is 2. The van der Waals surface area contributed by atoms with E-state index in [4.69, 9.17) is 4.74 Å². The maximum Gasteiger partial charge on any atom is 0.138 e. The molecule has 0 fully saturated rings. The lowest BCUT2D eigenvalue weighted by atomic mass is 10.4. The zero-order valence-corrected chi connectivity index (χ0v) is 9.59. The van der Waals surface area contributed by atoms with Crippen molar-refractivity contribution in [3.8, 4) is 5.75 Å². The van der Waals surface area contributed by atoms with Crippen LogP contribution in [0.3, 0.4) is 0 Å². The molecule has 3 nitrogen and oxygen atoms in total. The van der Waals surface area contributed by atoms with Crippen molar-refractivity contribution in [1.29, 1.82) is 0 Å². The Morgan fingerprint density at radius 1 is 1.36 bits per heavy atom. The number of pyridine rings is 1. The predicted molar refractivity (Wildman–Crippen MR) is 58.4 cm³/mol. The molecule has 2 heterocycles. The quantitative estimate of drug-likeness (QED) is 0.805. The summed E-state index contributed by atoms with van der Waals surface area (Å²) in [5, 5.41) is 1.96. The molecule has 0 aliphatic rings. The second kappa shape index (κ2) is 4.52. The van der Waals surface area contributed by atoms with Crippen molar-refractivity contribution in [2.45, 2.75) is 6.61 Å². The van der Waals surface area contributed by atoms with Crippen LogP contribution in [0.25, 0.3) is 0 Å². The molecule has 0 aromatic carbocycles. The maximum atomic E-state index is 5.47. The first-order valence-electron chi connectivity index (χ1n) is 3.96. The molecule has 0 aliphatic carbocycles. The minimum absolute atomic E-state index is 0.493. The third-order valence-corrected chi connectivity index (χ3v) is 2.67. The van der Waals surface area contributed by atoms with Crippen LogP contribution < -0.4 is 4.74 Å². The van der Waals surface area contributed by atoms with Crippen molar-refractivity contribution in [1.82, 2.24) is 9.97 Å². The van der Waals surface area contributed by atoms with E-state index in [0.29, 0.717) is 6.61 Å². The molecule has 0 atom stereocenters. The van der Waals surface area contributed by atoms with Crippen molar-refractivity contribution in [3.05, 3.63) is 39.5 Å². The lowest BCUT2D eigenvalue weighted by Crippen LogP contribution is -1.95. The average Bonchev–Trinajstić information content (AvgIpc) is 2.70. The zero-order valence-electron chi connectivity index (χ0n) is 7.18. The fraction of sp³-hybridized carbons (Fsp3) is 0.111. The molecular weight excluding hydrogens is 264 g/mol. The highest BCUT2D eigenvalue weighted by Gasteiger charge is 1.97. The molecule has 5 heteroatoms. The molecule has 14 heavy (non-hydrogen) atoms. The van der Waals surface area contributed by atoms with E-state index in [1.54, 1.807) is 23.0 Å². The van der Waals surface area contributed by atoms with Gasteiger partial charge in [-0.25, -0.2) is 9.97 Å². The standard InChI is InChI=1S/C9H7BrN2OS/c10-9-2-1-8(3-11-9)13-4-7-5-14-6-12-7/h1-3,5-6H,4H2. The number of halogens is 1. The fourth-order valence-corrected chi connectivity index (χ4v) is 1.69. The first-order chi connectivity index (χ1) is 6.84. The molecule has 0 unspecified atom stereocenters. The van der Waals surface area contributed by atoms with Gasteiger partial charge in [-0.2, -0.15) is 0 Å². The van der Waals surface area contributed by atoms with E-state index in [-0.39, 0.29) is 0 Å². The minimum Gasteiger partial charge on any atom is -0.486 e. The summed E-state index contributed by atoms with van der Waals surface area (Å²) in [7, 11) is 0. The number of aromatic nitrogens is 2. The molecular formula is C9H7BrN2OS. The van der Waals surface area contributed by atoms with Gasteiger partial charge in [-0.1, -0.05) is 0 Å². The van der Waals surface area contributed by atoms with Gasteiger partial charge in [-0.05, 0) is 28.1 Å². The summed E-state index contributed by atoms with van der Waals surface area (Å²) in [6.07, 6.45) is 1.68. The Hall–Kier alpha value is -0.940. The molecule has 2 aromatic rings. The number of hydrogen-bond acceptors (Lipinski definition) is 4. The summed E-state index contributed by atoms with van der Waals surface area (Å²) < 4.78 is 6.27. The first kappa shape index (κ1) is 9.61.